The molecule has 1 spiro atoms. The average Bonchev–Trinajstić information content (AvgIpc) is 3.17. The lowest BCUT2D eigenvalue weighted by atomic mass is 9.60. The number of anilines is 1. The van der Waals surface area contributed by atoms with Crippen LogP contribution in [-0.2, 0) is 0 Å². The first-order valence-electron chi connectivity index (χ1n) is 10.7. The highest BCUT2D eigenvalue weighted by atomic mass is 19.4. The number of fused-ring (bicyclic) bond motifs is 1. The summed E-state index contributed by atoms with van der Waals surface area (Å²) in [5.41, 5.74) is 0.981. The maximum absolute atomic E-state index is 12.8. The molecule has 3 amide bonds. The Kier molecular flexibility index (Phi) is 5.41. The van der Waals surface area contributed by atoms with Crippen LogP contribution in [0.25, 0.3) is 5.65 Å². The maximum atomic E-state index is 12.8. The number of amides is 3. The largest absolute Gasteiger partial charge is 0.573 e. The van der Waals surface area contributed by atoms with E-state index in [1.807, 2.05) is 0 Å². The van der Waals surface area contributed by atoms with Crippen molar-refractivity contribution in [2.45, 2.75) is 25.2 Å². The van der Waals surface area contributed by atoms with Gasteiger partial charge in [-0.1, -0.05) is 0 Å². The topological polar surface area (TPSA) is 110 Å². The van der Waals surface area contributed by atoms with Gasteiger partial charge in [-0.05, 0) is 37.1 Å². The minimum absolute atomic E-state index is 0.0443. The van der Waals surface area contributed by atoms with E-state index in [1.54, 1.807) is 23.2 Å². The first-order valence-corrected chi connectivity index (χ1v) is 10.7. The number of carbonyl (C=O) groups excluding carboxylic acids is 2. The van der Waals surface area contributed by atoms with Crippen molar-refractivity contribution in [1.82, 2.24) is 24.8 Å². The molecule has 1 aliphatic carbocycles. The highest BCUT2D eigenvalue weighted by molar-refractivity contribution is 5.94. The molecule has 2 fully saturated rings. The summed E-state index contributed by atoms with van der Waals surface area (Å²) in [5.74, 6) is -0.435. The van der Waals surface area contributed by atoms with Gasteiger partial charge in [0.1, 0.15) is 11.5 Å². The third kappa shape index (κ3) is 4.53. The molecular weight excluding hydrogens is 469 g/mol. The average molecular weight is 490 g/mol. The fraction of sp³-hybridized carbons (Fsp3) is 0.364. The van der Waals surface area contributed by atoms with E-state index in [4.69, 9.17) is 4.74 Å². The Balaban J connectivity index is 1.13. The zero-order valence-corrected chi connectivity index (χ0v) is 18.5. The van der Waals surface area contributed by atoms with E-state index in [1.165, 1.54) is 23.9 Å². The van der Waals surface area contributed by atoms with E-state index >= 15 is 0 Å². The molecule has 3 heterocycles. The molecule has 1 aromatic carbocycles. The number of halogens is 3. The number of alkyl halides is 3. The quantitative estimate of drug-likeness (QED) is 0.569. The van der Waals surface area contributed by atoms with Crippen LogP contribution in [-0.4, -0.2) is 64.0 Å². The number of ether oxygens (including phenoxy) is 2. The molecule has 13 heteroatoms. The van der Waals surface area contributed by atoms with E-state index in [2.05, 4.69) is 25.5 Å². The number of hydrogen-bond acceptors (Lipinski definition) is 6. The smallest absolute Gasteiger partial charge is 0.495 e. The second-order valence-electron chi connectivity index (χ2n) is 8.71. The Morgan fingerprint density at radius 2 is 1.97 bits per heavy atom. The number of aromatic nitrogens is 3. The molecule has 2 N–H and O–H groups in total. The van der Waals surface area contributed by atoms with Gasteiger partial charge >= 0.3 is 12.4 Å². The van der Waals surface area contributed by atoms with Gasteiger partial charge in [-0.15, -0.1) is 13.2 Å². The minimum atomic E-state index is -4.85. The predicted octanol–water partition coefficient (Wildman–Crippen LogP) is 3.06. The monoisotopic (exact) mass is 490 g/mol. The zero-order chi connectivity index (χ0) is 24.8. The van der Waals surface area contributed by atoms with Gasteiger partial charge in [-0.25, -0.2) is 14.3 Å². The number of rotatable bonds is 5. The van der Waals surface area contributed by atoms with Gasteiger partial charge in [0.2, 0.25) is 0 Å². The van der Waals surface area contributed by atoms with Crippen LogP contribution in [0.2, 0.25) is 0 Å². The molecule has 0 bridgehead atoms. The lowest BCUT2D eigenvalue weighted by molar-refractivity contribution is -0.274. The van der Waals surface area contributed by atoms with Crippen LogP contribution in [0.15, 0.2) is 42.7 Å². The predicted molar refractivity (Wildman–Crippen MR) is 116 cm³/mol. The molecule has 0 unspecified atom stereocenters. The summed E-state index contributed by atoms with van der Waals surface area (Å²) in [4.78, 5) is 31.2. The van der Waals surface area contributed by atoms with Crippen LogP contribution >= 0.6 is 0 Å². The van der Waals surface area contributed by atoms with E-state index < -0.39 is 18.1 Å². The van der Waals surface area contributed by atoms with Gasteiger partial charge in [0.05, 0.1) is 19.0 Å². The summed E-state index contributed by atoms with van der Waals surface area (Å²) < 4.78 is 48.0. The molecule has 0 radical (unpaired) electrons. The summed E-state index contributed by atoms with van der Waals surface area (Å²) in [6.45, 7) is 1.13. The fourth-order valence-electron chi connectivity index (χ4n) is 4.72. The number of hydrogen-bond donors (Lipinski definition) is 2. The fourth-order valence-corrected chi connectivity index (χ4v) is 4.72. The van der Waals surface area contributed by atoms with Crippen molar-refractivity contribution in [3.63, 3.8) is 0 Å². The van der Waals surface area contributed by atoms with Crippen molar-refractivity contribution in [2.75, 3.05) is 25.5 Å². The van der Waals surface area contributed by atoms with Crippen molar-refractivity contribution >= 4 is 23.3 Å². The van der Waals surface area contributed by atoms with Crippen LogP contribution in [0.3, 0.4) is 0 Å². The third-order valence-corrected chi connectivity index (χ3v) is 6.18. The molecule has 3 aromatic rings. The second-order valence-corrected chi connectivity index (χ2v) is 8.71. The van der Waals surface area contributed by atoms with E-state index in [0.717, 1.165) is 12.1 Å². The van der Waals surface area contributed by atoms with Crippen LogP contribution in [0.4, 0.5) is 23.7 Å². The number of likely N-dealkylation sites (tertiary alicyclic amines) is 1. The highest BCUT2D eigenvalue weighted by Crippen LogP contribution is 2.48. The Morgan fingerprint density at radius 3 is 2.69 bits per heavy atom. The zero-order valence-electron chi connectivity index (χ0n) is 18.5. The van der Waals surface area contributed by atoms with Crippen molar-refractivity contribution in [3.8, 4) is 11.5 Å². The Bertz CT molecular complexity index is 1280. The molecular formula is C22H21F3N6O4. The van der Waals surface area contributed by atoms with Gasteiger partial charge in [-0.2, -0.15) is 5.10 Å². The van der Waals surface area contributed by atoms with Crippen LogP contribution in [0.1, 0.15) is 23.3 Å². The molecule has 1 saturated carbocycles. The molecule has 184 valence electrons. The van der Waals surface area contributed by atoms with E-state index in [0.29, 0.717) is 37.3 Å². The molecule has 1 saturated heterocycles. The minimum Gasteiger partial charge on any atom is -0.495 e. The molecule has 35 heavy (non-hydrogen) atoms. The van der Waals surface area contributed by atoms with Crippen molar-refractivity contribution in [3.05, 3.63) is 48.4 Å². The number of methoxy groups -OCH3 is 1. The normalized spacial score (nSPS) is 17.0. The van der Waals surface area contributed by atoms with Gasteiger partial charge in [0.25, 0.3) is 5.91 Å². The third-order valence-electron chi connectivity index (χ3n) is 6.18. The maximum Gasteiger partial charge on any atom is 0.573 e. The summed E-state index contributed by atoms with van der Waals surface area (Å²) in [6, 6.07) is 6.23. The summed E-state index contributed by atoms with van der Waals surface area (Å²) >= 11 is 0. The second kappa shape index (κ2) is 8.32. The SMILES string of the molecule is COc1ccc(OC(F)(F)F)cc1NC(=O)NC1CC2(C1)CN(C(=O)c1cnc3cccnn13)C2. The van der Waals surface area contributed by atoms with Gasteiger partial charge in [0.15, 0.2) is 11.3 Å². The molecule has 10 nitrogen and oxygen atoms in total. The number of nitrogens with zero attached hydrogens (tertiary/aromatic N) is 4. The number of urea groups is 1. The molecule has 0 atom stereocenters. The van der Waals surface area contributed by atoms with Crippen molar-refractivity contribution < 1.29 is 32.2 Å². The van der Waals surface area contributed by atoms with Gasteiger partial charge < -0.3 is 25.0 Å². The number of imidazole rings is 1. The Hall–Kier alpha value is -4.03. The molecule has 1 aliphatic heterocycles. The highest BCUT2D eigenvalue weighted by Gasteiger charge is 2.54. The first-order chi connectivity index (χ1) is 16.6. The van der Waals surface area contributed by atoms with Crippen molar-refractivity contribution in [1.29, 1.82) is 0 Å². The van der Waals surface area contributed by atoms with Crippen molar-refractivity contribution in [2.24, 2.45) is 5.41 Å². The van der Waals surface area contributed by atoms with E-state index in [-0.39, 0.29) is 28.8 Å². The molecule has 2 aliphatic rings. The summed E-state index contributed by atoms with van der Waals surface area (Å²) in [5, 5.41) is 9.48. The number of nitrogens with one attached hydrogen (secondary N) is 2. The van der Waals surface area contributed by atoms with Crippen LogP contribution < -0.4 is 20.1 Å². The Labute approximate surface area is 197 Å². The first kappa shape index (κ1) is 22.7. The number of carbonyl (C=O) groups is 2. The standard InChI is InChI=1S/C22H21F3N6O4/c1-34-17-5-4-14(35-22(23,24)25)7-15(17)29-20(33)28-13-8-21(9-13)11-30(12-21)19(32)16-10-26-18-3-2-6-27-31(16)18/h2-7,10,13H,8-9,11-12H2,1H3,(H2,28,29,33). The number of benzene rings is 1. The molecule has 2 aromatic heterocycles. The van der Waals surface area contributed by atoms with Gasteiger partial charge in [0, 0.05) is 36.8 Å². The Morgan fingerprint density at radius 1 is 1.20 bits per heavy atom. The van der Waals surface area contributed by atoms with Gasteiger partial charge in [-0.3, -0.25) is 4.79 Å². The summed E-state index contributed by atoms with van der Waals surface area (Å²) in [7, 11) is 1.34. The van der Waals surface area contributed by atoms with E-state index in [9.17, 15) is 22.8 Å². The lowest BCUT2D eigenvalue weighted by Crippen LogP contribution is -2.67. The lowest BCUT2D eigenvalue weighted by Gasteiger charge is -2.58. The molecule has 5 rings (SSSR count). The van der Waals surface area contributed by atoms with Crippen LogP contribution in [0.5, 0.6) is 11.5 Å². The van der Waals surface area contributed by atoms with Crippen LogP contribution in [0, 0.1) is 5.41 Å². The summed E-state index contributed by atoms with van der Waals surface area (Å²) in [6.07, 6.45) is -0.387.